The van der Waals surface area contributed by atoms with Crippen LogP contribution in [0.1, 0.15) is 17.3 Å². The molecular weight excluding hydrogens is 454 g/mol. The number of amides is 3. The van der Waals surface area contributed by atoms with E-state index in [0.717, 1.165) is 0 Å². The number of nitrogens with one attached hydrogen (secondary N) is 3. The monoisotopic (exact) mass is 477 g/mol. The van der Waals surface area contributed by atoms with Crippen LogP contribution >= 0.6 is 0 Å². The summed E-state index contributed by atoms with van der Waals surface area (Å²) in [5, 5.41) is 7.97. The third-order valence-electron chi connectivity index (χ3n) is 5.06. The van der Waals surface area contributed by atoms with Gasteiger partial charge in [-0.1, -0.05) is 0 Å². The molecule has 4 rings (SSSR count). The number of carbonyl (C=O) groups is 3. The highest BCUT2D eigenvalue weighted by molar-refractivity contribution is 5.95. The van der Waals surface area contributed by atoms with E-state index in [4.69, 9.17) is 9.47 Å². The van der Waals surface area contributed by atoms with E-state index >= 15 is 0 Å². The molecule has 1 aromatic heterocycles. The zero-order chi connectivity index (χ0) is 24.8. The molecule has 11 heteroatoms. The van der Waals surface area contributed by atoms with Crippen LogP contribution in [0.3, 0.4) is 0 Å². The van der Waals surface area contributed by atoms with Gasteiger partial charge in [0.05, 0.1) is 12.0 Å². The Hall–Kier alpha value is -4.67. The fourth-order valence-electron chi connectivity index (χ4n) is 3.36. The van der Waals surface area contributed by atoms with Gasteiger partial charge in [-0.2, -0.15) is 0 Å². The summed E-state index contributed by atoms with van der Waals surface area (Å²) in [5.41, 5.74) is 1.79. The molecule has 2 heterocycles. The molecule has 11 nitrogen and oxygen atoms in total. The molecule has 0 bridgehead atoms. The van der Waals surface area contributed by atoms with Crippen molar-refractivity contribution >= 4 is 23.4 Å². The first kappa shape index (κ1) is 23.5. The van der Waals surface area contributed by atoms with Gasteiger partial charge in [0, 0.05) is 42.9 Å². The van der Waals surface area contributed by atoms with Crippen molar-refractivity contribution in [1.29, 1.82) is 0 Å². The molecule has 0 spiro atoms. The number of carbonyl (C=O) groups excluding carboxylic acids is 3. The molecule has 0 unspecified atom stereocenters. The van der Waals surface area contributed by atoms with Crippen LogP contribution in [0, 0.1) is 0 Å². The largest absolute Gasteiger partial charge is 0.454 e. The van der Waals surface area contributed by atoms with E-state index in [1.54, 1.807) is 42.5 Å². The molecule has 3 aromatic rings. The minimum absolute atomic E-state index is 0.152. The van der Waals surface area contributed by atoms with E-state index in [-0.39, 0.29) is 43.8 Å². The Bertz CT molecular complexity index is 1320. The molecule has 0 fully saturated rings. The molecule has 2 aromatic carbocycles. The first-order chi connectivity index (χ1) is 16.9. The SMILES string of the molecule is CC(=O)Nc1ccc(C(=O)NCCNC(=O)Cn2cnc(-c3ccc4c(c3)OCO4)cc2=O)cc1. The van der Waals surface area contributed by atoms with Crippen LogP contribution < -0.4 is 31.0 Å². The molecule has 1 aliphatic rings. The lowest BCUT2D eigenvalue weighted by atomic mass is 10.1. The summed E-state index contributed by atoms with van der Waals surface area (Å²) < 4.78 is 11.8. The summed E-state index contributed by atoms with van der Waals surface area (Å²) in [6, 6.07) is 13.0. The van der Waals surface area contributed by atoms with Crippen molar-refractivity contribution in [2.75, 3.05) is 25.2 Å². The van der Waals surface area contributed by atoms with Crippen LogP contribution in [-0.2, 0) is 16.1 Å². The molecule has 0 radical (unpaired) electrons. The maximum Gasteiger partial charge on any atom is 0.254 e. The van der Waals surface area contributed by atoms with E-state index in [1.165, 1.54) is 23.9 Å². The van der Waals surface area contributed by atoms with Crippen molar-refractivity contribution in [1.82, 2.24) is 20.2 Å². The van der Waals surface area contributed by atoms with Crippen molar-refractivity contribution < 1.29 is 23.9 Å². The summed E-state index contributed by atoms with van der Waals surface area (Å²) in [6.07, 6.45) is 1.31. The summed E-state index contributed by atoms with van der Waals surface area (Å²) in [4.78, 5) is 52.2. The number of hydrogen-bond donors (Lipinski definition) is 3. The average molecular weight is 477 g/mol. The average Bonchev–Trinajstić information content (AvgIpc) is 3.31. The molecular formula is C24H23N5O6. The zero-order valence-electron chi connectivity index (χ0n) is 18.9. The van der Waals surface area contributed by atoms with Crippen LogP contribution in [0.25, 0.3) is 11.3 Å². The van der Waals surface area contributed by atoms with Gasteiger partial charge in [0.15, 0.2) is 11.5 Å². The molecule has 180 valence electrons. The Morgan fingerprint density at radius 3 is 2.46 bits per heavy atom. The normalized spacial score (nSPS) is 11.6. The molecule has 1 aliphatic heterocycles. The van der Waals surface area contributed by atoms with E-state index in [0.29, 0.717) is 34.0 Å². The van der Waals surface area contributed by atoms with Crippen molar-refractivity contribution in [3.05, 3.63) is 70.8 Å². The highest BCUT2D eigenvalue weighted by atomic mass is 16.7. The third-order valence-corrected chi connectivity index (χ3v) is 5.06. The van der Waals surface area contributed by atoms with E-state index in [2.05, 4.69) is 20.9 Å². The topological polar surface area (TPSA) is 141 Å². The van der Waals surface area contributed by atoms with Crippen molar-refractivity contribution in [2.24, 2.45) is 0 Å². The second kappa shape index (κ2) is 10.5. The van der Waals surface area contributed by atoms with Gasteiger partial charge in [0.1, 0.15) is 6.54 Å². The summed E-state index contributed by atoms with van der Waals surface area (Å²) in [7, 11) is 0. The number of anilines is 1. The minimum atomic E-state index is -0.390. The molecule has 3 amide bonds. The lowest BCUT2D eigenvalue weighted by molar-refractivity contribution is -0.121. The van der Waals surface area contributed by atoms with Crippen LogP contribution in [0.4, 0.5) is 5.69 Å². The van der Waals surface area contributed by atoms with Gasteiger partial charge in [-0.25, -0.2) is 4.98 Å². The molecule has 35 heavy (non-hydrogen) atoms. The van der Waals surface area contributed by atoms with Crippen LogP contribution in [0.5, 0.6) is 11.5 Å². The van der Waals surface area contributed by atoms with Crippen LogP contribution in [-0.4, -0.2) is 47.2 Å². The van der Waals surface area contributed by atoms with Crippen LogP contribution in [0.15, 0.2) is 59.7 Å². The van der Waals surface area contributed by atoms with Crippen molar-refractivity contribution in [2.45, 2.75) is 13.5 Å². The van der Waals surface area contributed by atoms with Crippen LogP contribution in [0.2, 0.25) is 0 Å². The Labute approximate surface area is 200 Å². The lowest BCUT2D eigenvalue weighted by Gasteiger charge is -2.09. The van der Waals surface area contributed by atoms with Crippen molar-refractivity contribution in [3.63, 3.8) is 0 Å². The summed E-state index contributed by atoms with van der Waals surface area (Å²) >= 11 is 0. The number of benzene rings is 2. The van der Waals surface area contributed by atoms with Crippen molar-refractivity contribution in [3.8, 4) is 22.8 Å². The predicted molar refractivity (Wildman–Crippen MR) is 126 cm³/mol. The Kier molecular flexibility index (Phi) is 7.05. The fraction of sp³-hybridized carbons (Fsp3) is 0.208. The van der Waals surface area contributed by atoms with Gasteiger partial charge in [0.25, 0.3) is 11.5 Å². The van der Waals surface area contributed by atoms with Gasteiger partial charge in [-0.05, 0) is 42.5 Å². The number of nitrogens with zero attached hydrogens (tertiary/aromatic N) is 2. The summed E-state index contributed by atoms with van der Waals surface area (Å²) in [6.45, 7) is 1.74. The Balaban J connectivity index is 1.24. The smallest absolute Gasteiger partial charge is 0.254 e. The van der Waals surface area contributed by atoms with Gasteiger partial charge in [-0.3, -0.25) is 23.7 Å². The number of rotatable bonds is 8. The standard InChI is InChI=1S/C24H23N5O6/c1-15(30)28-18-5-2-16(3-6-18)24(33)26-9-8-25-22(31)12-29-13-27-19(11-23(29)32)17-4-7-20-21(10-17)35-14-34-20/h2-7,10-11,13H,8-9,12,14H2,1H3,(H,25,31)(H,26,33)(H,28,30). The van der Waals surface area contributed by atoms with Gasteiger partial charge < -0.3 is 25.4 Å². The fourth-order valence-corrected chi connectivity index (χ4v) is 3.36. The predicted octanol–water partition coefficient (Wildman–Crippen LogP) is 1.14. The van der Waals surface area contributed by atoms with E-state index in [1.807, 2.05) is 0 Å². The molecule has 3 N–H and O–H groups in total. The lowest BCUT2D eigenvalue weighted by Crippen LogP contribution is -2.37. The highest BCUT2D eigenvalue weighted by Crippen LogP contribution is 2.35. The first-order valence-electron chi connectivity index (χ1n) is 10.8. The molecule has 0 saturated heterocycles. The number of aromatic nitrogens is 2. The number of fused-ring (bicyclic) bond motifs is 1. The Morgan fingerprint density at radius 2 is 1.71 bits per heavy atom. The second-order valence-corrected chi connectivity index (χ2v) is 7.67. The minimum Gasteiger partial charge on any atom is -0.454 e. The zero-order valence-corrected chi connectivity index (χ0v) is 18.9. The number of hydrogen-bond acceptors (Lipinski definition) is 7. The van der Waals surface area contributed by atoms with E-state index < -0.39 is 5.91 Å². The van der Waals surface area contributed by atoms with Gasteiger partial charge >= 0.3 is 0 Å². The molecule has 0 atom stereocenters. The molecule has 0 saturated carbocycles. The van der Waals surface area contributed by atoms with Gasteiger partial charge in [-0.15, -0.1) is 0 Å². The molecule has 0 aliphatic carbocycles. The maximum absolute atomic E-state index is 12.4. The quantitative estimate of drug-likeness (QED) is 0.413. The van der Waals surface area contributed by atoms with Gasteiger partial charge in [0.2, 0.25) is 18.6 Å². The second-order valence-electron chi connectivity index (χ2n) is 7.67. The number of ether oxygens (including phenoxy) is 2. The Morgan fingerprint density at radius 1 is 0.971 bits per heavy atom. The maximum atomic E-state index is 12.4. The highest BCUT2D eigenvalue weighted by Gasteiger charge is 2.15. The third kappa shape index (κ3) is 6.02. The van der Waals surface area contributed by atoms with E-state index in [9.17, 15) is 19.2 Å². The summed E-state index contributed by atoms with van der Waals surface area (Å²) in [5.74, 6) is 0.320. The first-order valence-corrected chi connectivity index (χ1v) is 10.8.